The number of nitrogens with two attached hydrogens (primary N) is 1. The van der Waals surface area contributed by atoms with Gasteiger partial charge < -0.3 is 26.8 Å². The van der Waals surface area contributed by atoms with Crippen molar-refractivity contribution in [3.8, 4) is 11.3 Å². The normalized spacial score (nSPS) is 10.3. The zero-order valence-corrected chi connectivity index (χ0v) is 18.9. The maximum Gasteiger partial charge on any atom is 0.336 e. The molecule has 10 nitrogen and oxygen atoms in total. The molecule has 0 radical (unpaired) electrons. The van der Waals surface area contributed by atoms with E-state index in [4.69, 9.17) is 5.73 Å². The Kier molecular flexibility index (Phi) is 7.16. The van der Waals surface area contributed by atoms with Crippen LogP contribution in [0, 0.1) is 0 Å². The first-order chi connectivity index (χ1) is 17.4. The van der Waals surface area contributed by atoms with Gasteiger partial charge in [0.2, 0.25) is 11.9 Å². The lowest BCUT2D eigenvalue weighted by Gasteiger charge is -2.10. The number of amides is 2. The maximum absolute atomic E-state index is 12.3. The molecule has 180 valence electrons. The van der Waals surface area contributed by atoms with Crippen LogP contribution in [0.1, 0.15) is 20.7 Å². The summed E-state index contributed by atoms with van der Waals surface area (Å²) in [5, 5.41) is 17.4. The Morgan fingerprint density at radius 2 is 1.61 bits per heavy atom. The second-order valence-corrected chi connectivity index (χ2v) is 7.67. The van der Waals surface area contributed by atoms with E-state index in [1.54, 1.807) is 54.7 Å². The van der Waals surface area contributed by atoms with Crippen LogP contribution in [0.4, 0.5) is 23.0 Å². The van der Waals surface area contributed by atoms with Gasteiger partial charge in [0.25, 0.3) is 5.91 Å². The number of hydrogen-bond donors (Lipinski definition) is 5. The fourth-order valence-corrected chi connectivity index (χ4v) is 3.38. The molecule has 10 heteroatoms. The van der Waals surface area contributed by atoms with Gasteiger partial charge in [-0.3, -0.25) is 9.59 Å². The lowest BCUT2D eigenvalue weighted by molar-refractivity contribution is -0.115. The fourth-order valence-electron chi connectivity index (χ4n) is 3.38. The van der Waals surface area contributed by atoms with Crippen LogP contribution in [0.2, 0.25) is 0 Å². The number of hydrogen-bond acceptors (Lipinski definition) is 7. The summed E-state index contributed by atoms with van der Waals surface area (Å²) in [6.07, 6.45) is 1.64. The van der Waals surface area contributed by atoms with Gasteiger partial charge in [0.1, 0.15) is 0 Å². The molecule has 0 unspecified atom stereocenters. The van der Waals surface area contributed by atoms with E-state index in [2.05, 4.69) is 25.9 Å². The highest BCUT2D eigenvalue weighted by Gasteiger charge is 2.16. The maximum atomic E-state index is 12.3. The smallest absolute Gasteiger partial charge is 0.336 e. The van der Waals surface area contributed by atoms with Gasteiger partial charge in [-0.1, -0.05) is 30.3 Å². The number of nitrogens with one attached hydrogen (secondary N) is 3. The van der Waals surface area contributed by atoms with Crippen LogP contribution in [-0.4, -0.2) is 39.4 Å². The van der Waals surface area contributed by atoms with Crippen molar-refractivity contribution < 1.29 is 19.5 Å². The average Bonchev–Trinajstić information content (AvgIpc) is 2.88. The van der Waals surface area contributed by atoms with E-state index in [9.17, 15) is 19.5 Å². The van der Waals surface area contributed by atoms with Crippen molar-refractivity contribution in [3.05, 3.63) is 96.2 Å². The Bertz CT molecular complexity index is 1420. The zero-order valence-electron chi connectivity index (χ0n) is 18.9. The van der Waals surface area contributed by atoms with Crippen molar-refractivity contribution in [1.29, 1.82) is 0 Å². The van der Waals surface area contributed by atoms with Crippen molar-refractivity contribution in [2.24, 2.45) is 0 Å². The molecular weight excluding hydrogens is 460 g/mol. The highest BCUT2D eigenvalue weighted by Crippen LogP contribution is 2.22. The Morgan fingerprint density at radius 1 is 0.861 bits per heavy atom. The van der Waals surface area contributed by atoms with Gasteiger partial charge in [-0.15, -0.1) is 0 Å². The molecule has 0 spiro atoms. The minimum atomic E-state index is -1.22. The Labute approximate surface area is 206 Å². The molecule has 0 saturated carbocycles. The molecule has 0 aliphatic heterocycles. The number of nitrogen functional groups attached to an aromatic ring is 1. The summed E-state index contributed by atoms with van der Waals surface area (Å²) in [4.78, 5) is 44.6. The highest BCUT2D eigenvalue weighted by atomic mass is 16.4. The predicted octanol–water partition coefficient (Wildman–Crippen LogP) is 3.54. The van der Waals surface area contributed by atoms with Crippen molar-refractivity contribution >= 4 is 40.8 Å². The number of aromatic carboxylic acids is 1. The number of carbonyl (C=O) groups is 3. The minimum absolute atomic E-state index is 0.0170. The molecule has 0 aliphatic carbocycles. The standard InChI is InChI=1S/C26H22N6O4/c27-17-4-3-5-19(14-17)31-26-28-13-12-22(32-26)16-8-10-18(11-9-16)30-23(33)15-29-24(34)20-6-1-2-7-21(20)25(35)36/h1-14H,15,27H2,(H,29,34)(H,30,33)(H,35,36)(H,28,31,32). The number of carboxylic acid groups (broad SMARTS) is 1. The first kappa shape index (κ1) is 23.9. The zero-order chi connectivity index (χ0) is 25.5. The average molecular weight is 483 g/mol. The van der Waals surface area contributed by atoms with E-state index >= 15 is 0 Å². The first-order valence-corrected chi connectivity index (χ1v) is 10.9. The van der Waals surface area contributed by atoms with Gasteiger partial charge in [-0.05, 0) is 48.5 Å². The largest absolute Gasteiger partial charge is 0.478 e. The molecule has 2 amide bonds. The Balaban J connectivity index is 1.35. The third-order valence-corrected chi connectivity index (χ3v) is 5.07. The lowest BCUT2D eigenvalue weighted by Crippen LogP contribution is -2.33. The van der Waals surface area contributed by atoms with Crippen LogP contribution in [0.3, 0.4) is 0 Å². The monoisotopic (exact) mass is 482 g/mol. The van der Waals surface area contributed by atoms with Crippen LogP contribution in [0.25, 0.3) is 11.3 Å². The minimum Gasteiger partial charge on any atom is -0.478 e. The van der Waals surface area contributed by atoms with E-state index < -0.39 is 17.8 Å². The molecule has 3 aromatic carbocycles. The fraction of sp³-hybridized carbons (Fsp3) is 0.0385. The van der Waals surface area contributed by atoms with Gasteiger partial charge in [0.15, 0.2) is 0 Å². The summed E-state index contributed by atoms with van der Waals surface area (Å²) in [6.45, 7) is -0.320. The van der Waals surface area contributed by atoms with Crippen LogP contribution < -0.4 is 21.7 Å². The lowest BCUT2D eigenvalue weighted by atomic mass is 10.1. The van der Waals surface area contributed by atoms with Crippen LogP contribution in [0.5, 0.6) is 0 Å². The van der Waals surface area contributed by atoms with E-state index in [0.29, 0.717) is 23.0 Å². The Hall–Kier alpha value is -5.25. The van der Waals surface area contributed by atoms with Crippen LogP contribution in [0.15, 0.2) is 85.1 Å². The molecule has 0 saturated heterocycles. The molecule has 4 aromatic rings. The topological polar surface area (TPSA) is 159 Å². The predicted molar refractivity (Wildman–Crippen MR) is 136 cm³/mol. The van der Waals surface area contributed by atoms with Gasteiger partial charge in [-0.25, -0.2) is 14.8 Å². The molecule has 6 N–H and O–H groups in total. The number of anilines is 4. The number of carboxylic acids is 1. The quantitative estimate of drug-likeness (QED) is 0.238. The number of nitrogens with zero attached hydrogens (tertiary/aromatic N) is 2. The van der Waals surface area contributed by atoms with E-state index in [-0.39, 0.29) is 17.7 Å². The molecular formula is C26H22N6O4. The van der Waals surface area contributed by atoms with E-state index in [1.165, 1.54) is 18.2 Å². The van der Waals surface area contributed by atoms with Crippen molar-refractivity contribution in [3.63, 3.8) is 0 Å². The molecule has 36 heavy (non-hydrogen) atoms. The second-order valence-electron chi connectivity index (χ2n) is 7.67. The van der Waals surface area contributed by atoms with Gasteiger partial charge >= 0.3 is 5.97 Å². The van der Waals surface area contributed by atoms with Crippen LogP contribution >= 0.6 is 0 Å². The number of aromatic nitrogens is 2. The Morgan fingerprint density at radius 3 is 2.33 bits per heavy atom. The third-order valence-electron chi connectivity index (χ3n) is 5.07. The number of benzene rings is 3. The van der Waals surface area contributed by atoms with E-state index in [0.717, 1.165) is 11.3 Å². The summed E-state index contributed by atoms with van der Waals surface area (Å²) in [5.74, 6) is -1.92. The molecule has 0 aliphatic rings. The summed E-state index contributed by atoms with van der Waals surface area (Å²) in [5.41, 5.74) is 9.06. The highest BCUT2D eigenvalue weighted by molar-refractivity contribution is 6.06. The van der Waals surface area contributed by atoms with Crippen molar-refractivity contribution in [2.45, 2.75) is 0 Å². The molecule has 0 atom stereocenters. The van der Waals surface area contributed by atoms with Gasteiger partial charge in [0, 0.05) is 28.8 Å². The van der Waals surface area contributed by atoms with Crippen molar-refractivity contribution in [1.82, 2.24) is 15.3 Å². The third kappa shape index (κ3) is 6.00. The van der Waals surface area contributed by atoms with Gasteiger partial charge in [0.05, 0.1) is 23.4 Å². The molecule has 0 fully saturated rings. The molecule has 4 rings (SSSR count). The van der Waals surface area contributed by atoms with Gasteiger partial charge in [-0.2, -0.15) is 0 Å². The number of carbonyl (C=O) groups excluding carboxylic acids is 2. The van der Waals surface area contributed by atoms with Crippen LogP contribution in [-0.2, 0) is 4.79 Å². The van der Waals surface area contributed by atoms with E-state index in [1.807, 2.05) is 12.1 Å². The van der Waals surface area contributed by atoms with Crippen molar-refractivity contribution in [2.75, 3.05) is 22.9 Å². The summed E-state index contributed by atoms with van der Waals surface area (Å²) >= 11 is 0. The first-order valence-electron chi connectivity index (χ1n) is 10.9. The molecule has 1 heterocycles. The number of rotatable bonds is 8. The molecule has 0 bridgehead atoms. The summed E-state index contributed by atoms with van der Waals surface area (Å²) in [6, 6.07) is 21.8. The second kappa shape index (κ2) is 10.8. The SMILES string of the molecule is Nc1cccc(Nc2nccc(-c3ccc(NC(=O)CNC(=O)c4ccccc4C(=O)O)cc3)n2)c1. The summed E-state index contributed by atoms with van der Waals surface area (Å²) in [7, 11) is 0. The summed E-state index contributed by atoms with van der Waals surface area (Å²) < 4.78 is 0. The molecule has 1 aromatic heterocycles.